The number of rotatable bonds is 3. The van der Waals surface area contributed by atoms with Gasteiger partial charge in [-0.05, 0) is 42.3 Å². The van der Waals surface area contributed by atoms with Crippen LogP contribution in [-0.4, -0.2) is 11.8 Å². The predicted molar refractivity (Wildman–Crippen MR) is 110 cm³/mol. The van der Waals surface area contributed by atoms with Crippen molar-refractivity contribution in [2.75, 3.05) is 5.32 Å². The van der Waals surface area contributed by atoms with Gasteiger partial charge in [0.1, 0.15) is 16.1 Å². The van der Waals surface area contributed by atoms with E-state index in [4.69, 9.17) is 10.2 Å². The Labute approximate surface area is 163 Å². The zero-order valence-electron chi connectivity index (χ0n) is 15.2. The number of hydrogen-bond donors (Lipinski definition) is 2. The van der Waals surface area contributed by atoms with Crippen molar-refractivity contribution in [1.29, 1.82) is 0 Å². The van der Waals surface area contributed by atoms with Crippen LogP contribution in [0.5, 0.6) is 0 Å². The highest BCUT2D eigenvalue weighted by atomic mass is 32.1. The molecule has 2 amide bonds. The smallest absolute Gasteiger partial charge is 0.349 e. The topological polar surface area (TPSA) is 102 Å². The minimum atomic E-state index is -0.745. The average molecular weight is 392 g/mol. The minimum Gasteiger partial charge on any atom is -0.422 e. The highest BCUT2D eigenvalue weighted by Gasteiger charge is 2.21. The fraction of sp³-hybridized carbons (Fsp3) is 0.0952. The molecule has 7 heteroatoms. The van der Waals surface area contributed by atoms with E-state index in [2.05, 4.69) is 5.32 Å². The van der Waals surface area contributed by atoms with Crippen LogP contribution in [0.25, 0.3) is 21.7 Å². The summed E-state index contributed by atoms with van der Waals surface area (Å²) in [6.45, 7) is 3.59. The van der Waals surface area contributed by atoms with E-state index < -0.39 is 17.4 Å². The lowest BCUT2D eigenvalue weighted by Crippen LogP contribution is -2.22. The van der Waals surface area contributed by atoms with E-state index in [-0.39, 0.29) is 11.1 Å². The van der Waals surface area contributed by atoms with Gasteiger partial charge in [-0.25, -0.2) is 4.79 Å². The van der Waals surface area contributed by atoms with Gasteiger partial charge >= 0.3 is 5.63 Å². The molecule has 0 aliphatic heterocycles. The molecule has 6 nitrogen and oxygen atoms in total. The molecular formula is C21H16N2O4S. The second-order valence-corrected chi connectivity index (χ2v) is 7.68. The summed E-state index contributed by atoms with van der Waals surface area (Å²) in [4.78, 5) is 37.8. The number of benzene rings is 2. The first-order valence-electron chi connectivity index (χ1n) is 8.53. The summed E-state index contributed by atoms with van der Waals surface area (Å²) >= 11 is 1.24. The number of carbonyl (C=O) groups excluding carboxylic acids is 2. The Morgan fingerprint density at radius 2 is 1.82 bits per heavy atom. The van der Waals surface area contributed by atoms with Gasteiger partial charge in [-0.1, -0.05) is 30.3 Å². The zero-order valence-corrected chi connectivity index (χ0v) is 16.0. The molecule has 140 valence electrons. The number of hydrogen-bond acceptors (Lipinski definition) is 5. The van der Waals surface area contributed by atoms with Crippen LogP contribution in [0.3, 0.4) is 0 Å². The van der Waals surface area contributed by atoms with Crippen molar-refractivity contribution in [1.82, 2.24) is 0 Å². The van der Waals surface area contributed by atoms with E-state index in [0.29, 0.717) is 21.5 Å². The van der Waals surface area contributed by atoms with Gasteiger partial charge in [-0.2, -0.15) is 0 Å². The molecule has 0 unspecified atom stereocenters. The summed E-state index contributed by atoms with van der Waals surface area (Å²) in [5.74, 6) is -1.28. The average Bonchev–Trinajstić information content (AvgIpc) is 2.94. The van der Waals surface area contributed by atoms with Gasteiger partial charge in [-0.3, -0.25) is 9.59 Å². The molecule has 0 aliphatic rings. The maximum atomic E-state index is 12.8. The first-order chi connectivity index (χ1) is 13.4. The Hall–Kier alpha value is -3.45. The largest absolute Gasteiger partial charge is 0.422 e. The van der Waals surface area contributed by atoms with Crippen molar-refractivity contribution < 1.29 is 14.0 Å². The second-order valence-electron chi connectivity index (χ2n) is 6.45. The molecule has 0 aliphatic carbocycles. The first kappa shape index (κ1) is 17.9. The molecule has 2 aromatic carbocycles. The van der Waals surface area contributed by atoms with Gasteiger partial charge in [0.05, 0.1) is 5.56 Å². The highest BCUT2D eigenvalue weighted by molar-refractivity contribution is 7.16. The van der Waals surface area contributed by atoms with Crippen LogP contribution in [0.4, 0.5) is 5.00 Å². The summed E-state index contributed by atoms with van der Waals surface area (Å²) < 4.78 is 5.36. The van der Waals surface area contributed by atoms with Gasteiger partial charge in [0.25, 0.3) is 11.8 Å². The normalized spacial score (nSPS) is 11.1. The van der Waals surface area contributed by atoms with Crippen molar-refractivity contribution in [3.63, 3.8) is 0 Å². The lowest BCUT2D eigenvalue weighted by atomic mass is 10.0. The Kier molecular flexibility index (Phi) is 4.24. The highest BCUT2D eigenvalue weighted by Crippen LogP contribution is 2.32. The molecule has 2 aromatic heterocycles. The monoisotopic (exact) mass is 392 g/mol. The molecule has 2 heterocycles. The third-order valence-electron chi connectivity index (χ3n) is 4.75. The zero-order chi connectivity index (χ0) is 20.0. The van der Waals surface area contributed by atoms with Gasteiger partial charge in [-0.15, -0.1) is 11.3 Å². The number of fused-ring (bicyclic) bond motifs is 3. The van der Waals surface area contributed by atoms with Crippen LogP contribution < -0.4 is 16.7 Å². The fourth-order valence-corrected chi connectivity index (χ4v) is 4.27. The third kappa shape index (κ3) is 2.86. The first-order valence-corrected chi connectivity index (χ1v) is 9.35. The molecule has 4 rings (SSSR count). The quantitative estimate of drug-likeness (QED) is 0.407. The number of nitrogens with two attached hydrogens (primary N) is 1. The van der Waals surface area contributed by atoms with Crippen LogP contribution in [0, 0.1) is 13.8 Å². The van der Waals surface area contributed by atoms with Crippen molar-refractivity contribution >= 4 is 49.9 Å². The predicted octanol–water partition coefficient (Wildman–Crippen LogP) is 3.98. The summed E-state index contributed by atoms with van der Waals surface area (Å²) in [6, 6.07) is 12.7. The van der Waals surface area contributed by atoms with Crippen molar-refractivity contribution in [3.8, 4) is 0 Å². The molecule has 0 atom stereocenters. The van der Waals surface area contributed by atoms with E-state index in [0.717, 1.165) is 15.6 Å². The molecule has 28 heavy (non-hydrogen) atoms. The number of nitrogens with one attached hydrogen (secondary N) is 1. The van der Waals surface area contributed by atoms with E-state index in [1.807, 2.05) is 37.3 Å². The molecule has 0 saturated heterocycles. The molecular weight excluding hydrogens is 376 g/mol. The van der Waals surface area contributed by atoms with Crippen molar-refractivity contribution in [2.45, 2.75) is 13.8 Å². The van der Waals surface area contributed by atoms with Crippen LogP contribution in [0.2, 0.25) is 0 Å². The maximum absolute atomic E-state index is 12.8. The molecule has 0 spiro atoms. The van der Waals surface area contributed by atoms with Crippen molar-refractivity contribution in [2.24, 2.45) is 5.73 Å². The summed E-state index contributed by atoms with van der Waals surface area (Å²) in [6.07, 6.45) is 0. The van der Waals surface area contributed by atoms with Gasteiger partial charge in [0, 0.05) is 10.3 Å². The summed E-state index contributed by atoms with van der Waals surface area (Å²) in [7, 11) is 0. The van der Waals surface area contributed by atoms with Crippen LogP contribution in [-0.2, 0) is 0 Å². The van der Waals surface area contributed by atoms with Gasteiger partial charge < -0.3 is 15.5 Å². The summed E-state index contributed by atoms with van der Waals surface area (Å²) in [5.41, 5.74) is 5.94. The number of aryl methyl sites for hydroxylation is 1. The lowest BCUT2D eigenvalue weighted by molar-refractivity contribution is 0.100. The SMILES string of the molecule is Cc1sc(NC(=O)c2cc3c(ccc4ccccc43)oc2=O)c(C(N)=O)c1C. The second kappa shape index (κ2) is 6.61. The van der Waals surface area contributed by atoms with Crippen LogP contribution >= 0.6 is 11.3 Å². The number of thiophene rings is 1. The Bertz CT molecular complexity index is 1330. The molecule has 0 bridgehead atoms. The third-order valence-corrected chi connectivity index (χ3v) is 5.87. The minimum absolute atomic E-state index is 0.136. The lowest BCUT2D eigenvalue weighted by Gasteiger charge is -2.07. The van der Waals surface area contributed by atoms with E-state index in [9.17, 15) is 14.4 Å². The Balaban J connectivity index is 1.83. The van der Waals surface area contributed by atoms with Crippen molar-refractivity contribution in [3.05, 3.63) is 74.5 Å². The Morgan fingerprint density at radius 1 is 1.07 bits per heavy atom. The Morgan fingerprint density at radius 3 is 2.57 bits per heavy atom. The molecule has 0 saturated carbocycles. The fourth-order valence-electron chi connectivity index (χ4n) is 3.21. The van der Waals surface area contributed by atoms with Gasteiger partial charge in [0.15, 0.2) is 0 Å². The number of carbonyl (C=O) groups is 2. The number of amides is 2. The molecule has 3 N–H and O–H groups in total. The molecule has 0 radical (unpaired) electrons. The summed E-state index contributed by atoms with van der Waals surface area (Å²) in [5, 5.41) is 5.47. The number of primary amides is 1. The maximum Gasteiger partial charge on any atom is 0.349 e. The van der Waals surface area contributed by atoms with Crippen LogP contribution in [0.1, 0.15) is 31.2 Å². The standard InChI is InChI=1S/C21H16N2O4S/c1-10-11(2)28-20(17(10)18(22)24)23-19(25)15-9-14-13-6-4-3-5-12(13)7-8-16(14)27-21(15)26/h3-9H,1-2H3,(H2,22,24)(H,23,25). The molecule has 0 fully saturated rings. The van der Waals surface area contributed by atoms with Crippen LogP contribution in [0.15, 0.2) is 51.7 Å². The van der Waals surface area contributed by atoms with Gasteiger partial charge in [0.2, 0.25) is 0 Å². The van der Waals surface area contributed by atoms with E-state index in [1.165, 1.54) is 17.4 Å². The van der Waals surface area contributed by atoms with E-state index in [1.54, 1.807) is 13.0 Å². The molecule has 4 aromatic rings. The number of anilines is 1. The van der Waals surface area contributed by atoms with E-state index >= 15 is 0 Å².